The van der Waals surface area contributed by atoms with Gasteiger partial charge in [0, 0.05) is 31.9 Å². The van der Waals surface area contributed by atoms with E-state index in [9.17, 15) is 4.79 Å². The smallest absolute Gasteiger partial charge is 0.335 e. The molecular weight excluding hydrogens is 410 g/mol. The number of azo groups is 2. The van der Waals surface area contributed by atoms with Crippen LogP contribution in [0.15, 0.2) is 81.1 Å². The lowest BCUT2D eigenvalue weighted by molar-refractivity contribution is 0.0697. The molecule has 0 heterocycles. The molecule has 1 N–H and O–H groups in total. The van der Waals surface area contributed by atoms with E-state index in [4.69, 9.17) is 14.6 Å². The molecule has 0 radical (unpaired) electrons. The van der Waals surface area contributed by atoms with Gasteiger partial charge in [0.15, 0.2) is 0 Å². The molecule has 0 fully saturated rings. The van der Waals surface area contributed by atoms with E-state index in [1.165, 1.54) is 26.4 Å². The molecule has 0 atom stereocenters. The van der Waals surface area contributed by atoms with Crippen molar-refractivity contribution in [3.8, 4) is 11.5 Å². The van der Waals surface area contributed by atoms with Gasteiger partial charge in [0.1, 0.15) is 22.9 Å². The van der Waals surface area contributed by atoms with Crippen molar-refractivity contribution in [3.05, 3.63) is 66.2 Å². The highest BCUT2D eigenvalue weighted by molar-refractivity contribution is 5.87. The first kappa shape index (κ1) is 22.4. The molecule has 9 nitrogen and oxygen atoms in total. The summed E-state index contributed by atoms with van der Waals surface area (Å²) in [6.45, 7) is 0. The molecule has 0 aliphatic heterocycles. The molecule has 3 rings (SSSR count). The molecule has 0 saturated carbocycles. The average molecular weight is 433 g/mol. The van der Waals surface area contributed by atoms with Crippen LogP contribution in [-0.2, 0) is 0 Å². The molecule has 0 spiro atoms. The van der Waals surface area contributed by atoms with Crippen LogP contribution < -0.4 is 14.4 Å². The second-order valence-electron chi connectivity index (χ2n) is 6.86. The van der Waals surface area contributed by atoms with Gasteiger partial charge in [-0.25, -0.2) is 4.79 Å². The average Bonchev–Trinajstić information content (AvgIpc) is 2.81. The number of aromatic carboxylic acids is 1. The third kappa shape index (κ3) is 5.45. The second-order valence-corrected chi connectivity index (χ2v) is 6.86. The summed E-state index contributed by atoms with van der Waals surface area (Å²) in [6.07, 6.45) is 0. The van der Waals surface area contributed by atoms with Crippen LogP contribution in [0.2, 0.25) is 0 Å². The summed E-state index contributed by atoms with van der Waals surface area (Å²) < 4.78 is 10.9. The fourth-order valence-corrected chi connectivity index (χ4v) is 2.73. The van der Waals surface area contributed by atoms with E-state index < -0.39 is 5.97 Å². The third-order valence-corrected chi connectivity index (χ3v) is 4.51. The normalized spacial score (nSPS) is 11.1. The number of nitrogens with zero attached hydrogens (tertiary/aromatic N) is 5. The zero-order valence-corrected chi connectivity index (χ0v) is 18.2. The Balaban J connectivity index is 1.86. The molecule has 0 bridgehead atoms. The molecule has 0 aliphatic rings. The van der Waals surface area contributed by atoms with Crippen molar-refractivity contribution in [2.75, 3.05) is 33.2 Å². The van der Waals surface area contributed by atoms with Crippen molar-refractivity contribution in [1.82, 2.24) is 0 Å². The zero-order valence-electron chi connectivity index (χ0n) is 18.2. The van der Waals surface area contributed by atoms with Crippen molar-refractivity contribution in [2.45, 2.75) is 0 Å². The second kappa shape index (κ2) is 10.2. The number of hydrogen-bond acceptors (Lipinski definition) is 8. The number of methoxy groups -OCH3 is 2. The van der Waals surface area contributed by atoms with Gasteiger partial charge in [0.05, 0.1) is 31.2 Å². The van der Waals surface area contributed by atoms with Crippen LogP contribution in [0, 0.1) is 0 Å². The summed E-state index contributed by atoms with van der Waals surface area (Å²) in [6, 6.07) is 17.0. The molecule has 9 heteroatoms. The monoisotopic (exact) mass is 433 g/mol. The van der Waals surface area contributed by atoms with Crippen LogP contribution in [-0.4, -0.2) is 39.4 Å². The first-order valence-corrected chi connectivity index (χ1v) is 9.61. The molecule has 3 aromatic carbocycles. The number of anilines is 1. The molecule has 164 valence electrons. The number of ether oxygens (including phenoxy) is 2. The SMILES string of the molecule is COc1cc(N=Nc2ccc(N(C)C)cc2)c(OC)cc1N=Nc1ccc(C(=O)O)cc1. The van der Waals surface area contributed by atoms with Crippen LogP contribution in [0.3, 0.4) is 0 Å². The van der Waals surface area contributed by atoms with E-state index in [0.717, 1.165) is 5.69 Å². The Hall–Kier alpha value is -4.27. The lowest BCUT2D eigenvalue weighted by Crippen LogP contribution is -2.07. The molecule has 0 amide bonds. The Morgan fingerprint density at radius 2 is 1.19 bits per heavy atom. The standard InChI is InChI=1S/C23H23N5O4/c1-28(2)18-11-9-17(10-12-18)25-27-20-14-21(31-3)19(13-22(20)32-4)26-24-16-7-5-15(6-8-16)23(29)30/h5-14H,1-4H3,(H,29,30). The highest BCUT2D eigenvalue weighted by Gasteiger charge is 2.11. The number of benzene rings is 3. The molecule has 0 aromatic heterocycles. The fraction of sp³-hybridized carbons (Fsp3) is 0.174. The van der Waals surface area contributed by atoms with E-state index in [0.29, 0.717) is 34.2 Å². The van der Waals surface area contributed by atoms with Crippen molar-refractivity contribution >= 4 is 34.4 Å². The van der Waals surface area contributed by atoms with Crippen molar-refractivity contribution < 1.29 is 19.4 Å². The van der Waals surface area contributed by atoms with E-state index >= 15 is 0 Å². The predicted molar refractivity (Wildman–Crippen MR) is 122 cm³/mol. The van der Waals surface area contributed by atoms with Crippen LogP contribution >= 0.6 is 0 Å². The van der Waals surface area contributed by atoms with E-state index in [1.807, 2.05) is 43.3 Å². The number of hydrogen-bond donors (Lipinski definition) is 1. The summed E-state index contributed by atoms with van der Waals surface area (Å²) in [7, 11) is 6.98. The minimum Gasteiger partial charge on any atom is -0.494 e. The topological polar surface area (TPSA) is 108 Å². The fourth-order valence-electron chi connectivity index (χ4n) is 2.73. The first-order valence-electron chi connectivity index (χ1n) is 9.61. The van der Waals surface area contributed by atoms with Gasteiger partial charge in [-0.2, -0.15) is 10.2 Å². The largest absolute Gasteiger partial charge is 0.494 e. The maximum absolute atomic E-state index is 11.0. The molecule has 3 aromatic rings. The number of rotatable bonds is 8. The quantitative estimate of drug-likeness (QED) is 0.419. The van der Waals surface area contributed by atoms with Crippen LogP contribution in [0.25, 0.3) is 0 Å². The van der Waals surface area contributed by atoms with Gasteiger partial charge in [-0.05, 0) is 48.5 Å². The van der Waals surface area contributed by atoms with Gasteiger partial charge in [0.25, 0.3) is 0 Å². The predicted octanol–water partition coefficient (Wildman–Crippen LogP) is 6.30. The van der Waals surface area contributed by atoms with Gasteiger partial charge >= 0.3 is 5.97 Å². The molecular formula is C23H23N5O4. The Morgan fingerprint density at radius 1 is 0.750 bits per heavy atom. The number of carboxylic acid groups (broad SMARTS) is 1. The number of carbonyl (C=O) groups is 1. The summed E-state index contributed by atoms with van der Waals surface area (Å²) in [5, 5.41) is 25.9. The Kier molecular flexibility index (Phi) is 7.12. The van der Waals surface area contributed by atoms with E-state index in [-0.39, 0.29) is 5.56 Å². The third-order valence-electron chi connectivity index (χ3n) is 4.51. The maximum atomic E-state index is 11.0. The summed E-state index contributed by atoms with van der Waals surface area (Å²) >= 11 is 0. The van der Waals surface area contributed by atoms with Crippen molar-refractivity contribution in [2.24, 2.45) is 20.5 Å². The van der Waals surface area contributed by atoms with Gasteiger partial charge in [-0.3, -0.25) is 0 Å². The van der Waals surface area contributed by atoms with Crippen molar-refractivity contribution in [1.29, 1.82) is 0 Å². The summed E-state index contributed by atoms with van der Waals surface area (Å²) in [5.74, 6) is -0.110. The highest BCUT2D eigenvalue weighted by Crippen LogP contribution is 2.41. The molecule has 0 saturated heterocycles. The van der Waals surface area contributed by atoms with Crippen LogP contribution in [0.5, 0.6) is 11.5 Å². The zero-order chi connectivity index (χ0) is 23.1. The van der Waals surface area contributed by atoms with Crippen LogP contribution in [0.1, 0.15) is 10.4 Å². The molecule has 32 heavy (non-hydrogen) atoms. The summed E-state index contributed by atoms with van der Waals surface area (Å²) in [4.78, 5) is 13.0. The van der Waals surface area contributed by atoms with Crippen LogP contribution in [0.4, 0.5) is 28.4 Å². The lowest BCUT2D eigenvalue weighted by atomic mass is 10.2. The Morgan fingerprint density at radius 3 is 1.56 bits per heavy atom. The van der Waals surface area contributed by atoms with Gasteiger partial charge in [-0.1, -0.05) is 0 Å². The number of carboxylic acids is 1. The van der Waals surface area contributed by atoms with Gasteiger partial charge in [0.2, 0.25) is 0 Å². The minimum atomic E-state index is -1.00. The highest BCUT2D eigenvalue weighted by atomic mass is 16.5. The van der Waals surface area contributed by atoms with Gasteiger partial charge in [-0.15, -0.1) is 10.2 Å². The lowest BCUT2D eigenvalue weighted by Gasteiger charge is -2.11. The Bertz CT molecular complexity index is 1140. The first-order chi connectivity index (χ1) is 15.4. The van der Waals surface area contributed by atoms with E-state index in [2.05, 4.69) is 20.5 Å². The maximum Gasteiger partial charge on any atom is 0.335 e. The minimum absolute atomic E-state index is 0.175. The molecule has 0 unspecified atom stereocenters. The summed E-state index contributed by atoms with van der Waals surface area (Å²) in [5.41, 5.74) is 3.35. The molecule has 0 aliphatic carbocycles. The van der Waals surface area contributed by atoms with Crippen molar-refractivity contribution in [3.63, 3.8) is 0 Å². The van der Waals surface area contributed by atoms with Gasteiger partial charge < -0.3 is 19.5 Å². The van der Waals surface area contributed by atoms with E-state index in [1.54, 1.807) is 24.3 Å². The Labute approximate surface area is 185 Å².